The third-order valence-corrected chi connectivity index (χ3v) is 4.06. The Labute approximate surface area is 91.0 Å². The van der Waals surface area contributed by atoms with Crippen molar-refractivity contribution < 1.29 is 4.79 Å². The first kappa shape index (κ1) is 10.9. The maximum atomic E-state index is 11.0. The van der Waals surface area contributed by atoms with Crippen LogP contribution < -0.4 is 11.5 Å². The lowest BCUT2D eigenvalue weighted by Crippen LogP contribution is -2.51. The fourth-order valence-corrected chi connectivity index (χ4v) is 3.21. The van der Waals surface area contributed by atoms with E-state index in [0.717, 1.165) is 6.54 Å². The molecule has 1 atom stereocenters. The summed E-state index contributed by atoms with van der Waals surface area (Å²) in [6, 6.07) is -0.499. The Morgan fingerprint density at radius 1 is 1.27 bits per heavy atom. The number of amides is 1. The number of hydrogen-bond acceptors (Lipinski definition) is 3. The fourth-order valence-electron chi connectivity index (χ4n) is 3.21. The molecule has 1 amide bonds. The van der Waals surface area contributed by atoms with E-state index in [0.29, 0.717) is 12.1 Å². The lowest BCUT2D eigenvalue weighted by Gasteiger charge is -2.36. The highest BCUT2D eigenvalue weighted by atomic mass is 16.1. The van der Waals surface area contributed by atoms with Gasteiger partial charge in [0.2, 0.25) is 5.91 Å². The SMILES string of the molecule is NC(=O)C(N)CN1CCCC12CCCC2. The number of rotatable bonds is 3. The van der Waals surface area contributed by atoms with Crippen LogP contribution in [0.15, 0.2) is 0 Å². The van der Waals surface area contributed by atoms with Crippen LogP contribution in [0.2, 0.25) is 0 Å². The normalized spacial score (nSPS) is 27.3. The minimum absolute atomic E-state index is 0.368. The van der Waals surface area contributed by atoms with E-state index in [2.05, 4.69) is 4.90 Å². The largest absolute Gasteiger partial charge is 0.368 e. The van der Waals surface area contributed by atoms with Crippen molar-refractivity contribution in [2.75, 3.05) is 13.1 Å². The number of nitrogens with two attached hydrogens (primary N) is 2. The van der Waals surface area contributed by atoms with Crippen LogP contribution in [0.3, 0.4) is 0 Å². The number of carbonyl (C=O) groups is 1. The van der Waals surface area contributed by atoms with Gasteiger partial charge in [-0.05, 0) is 32.2 Å². The van der Waals surface area contributed by atoms with Gasteiger partial charge in [-0.2, -0.15) is 0 Å². The van der Waals surface area contributed by atoms with E-state index in [1.807, 2.05) is 0 Å². The molecular weight excluding hydrogens is 190 g/mol. The highest BCUT2D eigenvalue weighted by Crippen LogP contribution is 2.42. The third kappa shape index (κ3) is 2.01. The highest BCUT2D eigenvalue weighted by molar-refractivity contribution is 5.79. The van der Waals surface area contributed by atoms with Gasteiger partial charge in [0.15, 0.2) is 0 Å². The van der Waals surface area contributed by atoms with Crippen LogP contribution in [0.4, 0.5) is 0 Å². The number of hydrogen-bond donors (Lipinski definition) is 2. The Hall–Kier alpha value is -0.610. The minimum Gasteiger partial charge on any atom is -0.368 e. The summed E-state index contributed by atoms with van der Waals surface area (Å²) in [5.74, 6) is -0.380. The first-order valence-corrected chi connectivity index (χ1v) is 5.94. The average molecular weight is 211 g/mol. The molecule has 0 aromatic carbocycles. The monoisotopic (exact) mass is 211 g/mol. The van der Waals surface area contributed by atoms with Gasteiger partial charge in [-0.3, -0.25) is 9.69 Å². The van der Waals surface area contributed by atoms with Crippen LogP contribution in [0.1, 0.15) is 38.5 Å². The summed E-state index contributed by atoms with van der Waals surface area (Å²) in [5.41, 5.74) is 11.3. The topological polar surface area (TPSA) is 72.3 Å². The maximum Gasteiger partial charge on any atom is 0.235 e. The predicted octanol–water partition coefficient (Wildman–Crippen LogP) is 0.208. The van der Waals surface area contributed by atoms with Crippen LogP contribution in [0.5, 0.6) is 0 Å². The number of carbonyl (C=O) groups excluding carboxylic acids is 1. The Balaban J connectivity index is 1.99. The van der Waals surface area contributed by atoms with E-state index in [9.17, 15) is 4.79 Å². The molecule has 86 valence electrons. The van der Waals surface area contributed by atoms with E-state index in [1.54, 1.807) is 0 Å². The van der Waals surface area contributed by atoms with Crippen molar-refractivity contribution in [1.82, 2.24) is 4.90 Å². The molecule has 4 N–H and O–H groups in total. The summed E-state index contributed by atoms with van der Waals surface area (Å²) in [6.45, 7) is 1.73. The molecule has 1 spiro atoms. The molecule has 0 radical (unpaired) electrons. The van der Waals surface area contributed by atoms with E-state index in [4.69, 9.17) is 11.5 Å². The van der Waals surface area contributed by atoms with Crippen molar-refractivity contribution in [3.63, 3.8) is 0 Å². The van der Waals surface area contributed by atoms with Gasteiger partial charge in [0.1, 0.15) is 0 Å². The first-order valence-electron chi connectivity index (χ1n) is 5.94. The number of likely N-dealkylation sites (tertiary alicyclic amines) is 1. The van der Waals surface area contributed by atoms with Crippen molar-refractivity contribution in [3.05, 3.63) is 0 Å². The van der Waals surface area contributed by atoms with Gasteiger partial charge < -0.3 is 11.5 Å². The zero-order valence-electron chi connectivity index (χ0n) is 9.24. The first-order chi connectivity index (χ1) is 7.14. The number of nitrogens with zero attached hydrogens (tertiary/aromatic N) is 1. The van der Waals surface area contributed by atoms with Crippen molar-refractivity contribution in [2.24, 2.45) is 11.5 Å². The van der Waals surface area contributed by atoms with Gasteiger partial charge in [-0.15, -0.1) is 0 Å². The molecule has 4 nitrogen and oxygen atoms in total. The lowest BCUT2D eigenvalue weighted by atomic mass is 9.94. The molecule has 0 aromatic heterocycles. The standard InChI is InChI=1S/C11H21N3O/c12-9(10(13)15)8-14-7-3-6-11(14)4-1-2-5-11/h9H,1-8,12H2,(H2,13,15). The lowest BCUT2D eigenvalue weighted by molar-refractivity contribution is -0.119. The molecule has 0 bridgehead atoms. The van der Waals surface area contributed by atoms with Crippen molar-refractivity contribution in [2.45, 2.75) is 50.1 Å². The fraction of sp³-hybridized carbons (Fsp3) is 0.909. The van der Waals surface area contributed by atoms with Gasteiger partial charge in [-0.25, -0.2) is 0 Å². The summed E-state index contributed by atoms with van der Waals surface area (Å²) in [7, 11) is 0. The maximum absolute atomic E-state index is 11.0. The summed E-state index contributed by atoms with van der Waals surface area (Å²) in [4.78, 5) is 13.4. The van der Waals surface area contributed by atoms with E-state index in [-0.39, 0.29) is 5.91 Å². The van der Waals surface area contributed by atoms with Gasteiger partial charge in [0.25, 0.3) is 0 Å². The van der Waals surface area contributed by atoms with Crippen LogP contribution in [-0.4, -0.2) is 35.5 Å². The predicted molar refractivity (Wildman–Crippen MR) is 59.2 cm³/mol. The molecular formula is C11H21N3O. The van der Waals surface area contributed by atoms with Gasteiger partial charge in [0.05, 0.1) is 6.04 Å². The molecule has 15 heavy (non-hydrogen) atoms. The van der Waals surface area contributed by atoms with E-state index < -0.39 is 6.04 Å². The third-order valence-electron chi connectivity index (χ3n) is 4.06. The molecule has 0 aromatic rings. The van der Waals surface area contributed by atoms with E-state index in [1.165, 1.54) is 38.5 Å². The molecule has 1 saturated heterocycles. The van der Waals surface area contributed by atoms with Gasteiger partial charge >= 0.3 is 0 Å². The number of primary amides is 1. The van der Waals surface area contributed by atoms with Crippen LogP contribution in [0, 0.1) is 0 Å². The molecule has 1 heterocycles. The quantitative estimate of drug-likeness (QED) is 0.701. The summed E-state index contributed by atoms with van der Waals surface area (Å²) >= 11 is 0. The second kappa shape index (κ2) is 4.10. The second-order valence-corrected chi connectivity index (χ2v) is 4.99. The Bertz CT molecular complexity index is 243. The van der Waals surface area contributed by atoms with Crippen LogP contribution in [-0.2, 0) is 4.79 Å². The smallest absolute Gasteiger partial charge is 0.235 e. The molecule has 2 aliphatic rings. The molecule has 1 aliphatic heterocycles. The van der Waals surface area contributed by atoms with Crippen molar-refractivity contribution >= 4 is 5.91 Å². The summed E-state index contributed by atoms with van der Waals surface area (Å²) in [5, 5.41) is 0. The second-order valence-electron chi connectivity index (χ2n) is 4.99. The molecule has 2 fully saturated rings. The van der Waals surface area contributed by atoms with Crippen LogP contribution >= 0.6 is 0 Å². The minimum atomic E-state index is -0.499. The Morgan fingerprint density at radius 2 is 1.87 bits per heavy atom. The van der Waals surface area contributed by atoms with Gasteiger partial charge in [0, 0.05) is 12.1 Å². The molecule has 1 saturated carbocycles. The summed E-state index contributed by atoms with van der Waals surface area (Å²) in [6.07, 6.45) is 7.71. The molecule has 4 heteroatoms. The Kier molecular flexibility index (Phi) is 2.98. The van der Waals surface area contributed by atoms with Crippen LogP contribution in [0.25, 0.3) is 0 Å². The van der Waals surface area contributed by atoms with Crippen molar-refractivity contribution in [3.8, 4) is 0 Å². The Morgan fingerprint density at radius 3 is 2.47 bits per heavy atom. The zero-order valence-corrected chi connectivity index (χ0v) is 9.24. The molecule has 1 aliphatic carbocycles. The van der Waals surface area contributed by atoms with E-state index >= 15 is 0 Å². The zero-order chi connectivity index (χ0) is 10.9. The summed E-state index contributed by atoms with van der Waals surface area (Å²) < 4.78 is 0. The van der Waals surface area contributed by atoms with Crippen molar-refractivity contribution in [1.29, 1.82) is 0 Å². The molecule has 2 rings (SSSR count). The van der Waals surface area contributed by atoms with Gasteiger partial charge in [-0.1, -0.05) is 12.8 Å². The average Bonchev–Trinajstić information content (AvgIpc) is 2.79. The molecule has 1 unspecified atom stereocenters. The highest BCUT2D eigenvalue weighted by Gasteiger charge is 2.43.